The molecule has 1 aromatic heterocycles. The zero-order valence-corrected chi connectivity index (χ0v) is 18.0. The number of nitrogens with one attached hydrogen (secondary N) is 1. The summed E-state index contributed by atoms with van der Waals surface area (Å²) in [5.74, 6) is 0.766. The summed E-state index contributed by atoms with van der Waals surface area (Å²) in [6, 6.07) is 15.8. The molecule has 0 unspecified atom stereocenters. The topological polar surface area (TPSA) is 65.8 Å². The van der Waals surface area contributed by atoms with Crippen LogP contribution in [-0.2, 0) is 0 Å². The summed E-state index contributed by atoms with van der Waals surface area (Å²) in [4.78, 5) is 17.1. The molecule has 1 amide bonds. The zero-order chi connectivity index (χ0) is 22.1. The molecule has 4 nitrogen and oxygen atoms in total. The van der Waals surface area contributed by atoms with E-state index in [9.17, 15) is 9.18 Å². The number of hydrogen-bond donors (Lipinski definition) is 1. The molecule has 5 heteroatoms. The van der Waals surface area contributed by atoms with Gasteiger partial charge in [-0.2, -0.15) is 5.26 Å². The molecule has 0 radical (unpaired) electrons. The van der Waals surface area contributed by atoms with Gasteiger partial charge in [0.1, 0.15) is 5.82 Å². The van der Waals surface area contributed by atoms with Crippen LogP contribution in [0.4, 0.5) is 4.39 Å². The molecule has 0 bridgehead atoms. The third-order valence-electron chi connectivity index (χ3n) is 7.21. The molecule has 32 heavy (non-hydrogen) atoms. The molecule has 2 aliphatic carbocycles. The van der Waals surface area contributed by atoms with Crippen molar-refractivity contribution >= 4 is 16.8 Å². The van der Waals surface area contributed by atoms with Crippen molar-refractivity contribution in [2.24, 2.45) is 5.92 Å². The van der Waals surface area contributed by atoms with Gasteiger partial charge < -0.3 is 5.32 Å². The number of carbonyl (C=O) groups is 1. The molecule has 1 N–H and O–H groups in total. The Morgan fingerprint density at radius 3 is 2.53 bits per heavy atom. The smallest absolute Gasteiger partial charge is 0.251 e. The lowest BCUT2D eigenvalue weighted by Crippen LogP contribution is -2.38. The van der Waals surface area contributed by atoms with Gasteiger partial charge in [0.05, 0.1) is 17.1 Å². The van der Waals surface area contributed by atoms with E-state index in [1.807, 2.05) is 12.3 Å². The van der Waals surface area contributed by atoms with Crippen molar-refractivity contribution in [2.45, 2.75) is 56.4 Å². The van der Waals surface area contributed by atoms with Gasteiger partial charge in [-0.1, -0.05) is 0 Å². The third-order valence-corrected chi connectivity index (χ3v) is 7.21. The van der Waals surface area contributed by atoms with Crippen LogP contribution in [0.3, 0.4) is 0 Å². The van der Waals surface area contributed by atoms with Crippen molar-refractivity contribution in [3.63, 3.8) is 0 Å². The Labute approximate surface area is 187 Å². The van der Waals surface area contributed by atoms with Crippen molar-refractivity contribution in [1.82, 2.24) is 10.3 Å². The van der Waals surface area contributed by atoms with Gasteiger partial charge in [0.25, 0.3) is 5.91 Å². The van der Waals surface area contributed by atoms with Gasteiger partial charge in [-0.15, -0.1) is 0 Å². The van der Waals surface area contributed by atoms with E-state index < -0.39 is 0 Å². The maximum Gasteiger partial charge on any atom is 0.251 e. The van der Waals surface area contributed by atoms with Gasteiger partial charge in [0, 0.05) is 22.7 Å². The summed E-state index contributed by atoms with van der Waals surface area (Å²) >= 11 is 0. The number of rotatable bonds is 5. The standard InChI is InChI=1S/C27H26FN3O/c28-22-9-10-25-24(15-22)23(11-14-30-25)20-5-1-18(2-6-20)16-27(12-13-27)31-26(32)21-7-3-19(17-29)4-8-21/h3-4,7-11,14-15,18,20H,1-2,5-6,12-13,16H2,(H,31,32)/t18-,20+. The highest BCUT2D eigenvalue weighted by Crippen LogP contribution is 2.47. The summed E-state index contributed by atoms with van der Waals surface area (Å²) in [6.45, 7) is 0. The fourth-order valence-corrected chi connectivity index (χ4v) is 5.27. The van der Waals surface area contributed by atoms with E-state index >= 15 is 0 Å². The average Bonchev–Trinajstić information content (AvgIpc) is 3.58. The third kappa shape index (κ3) is 4.23. The average molecular weight is 428 g/mol. The highest BCUT2D eigenvalue weighted by molar-refractivity contribution is 5.95. The largest absolute Gasteiger partial charge is 0.347 e. The van der Waals surface area contributed by atoms with Gasteiger partial charge >= 0.3 is 0 Å². The van der Waals surface area contributed by atoms with Gasteiger partial charge in [-0.25, -0.2) is 4.39 Å². The fraction of sp³-hybridized carbons (Fsp3) is 0.370. The Morgan fingerprint density at radius 2 is 1.84 bits per heavy atom. The maximum absolute atomic E-state index is 13.8. The maximum atomic E-state index is 13.8. The zero-order valence-electron chi connectivity index (χ0n) is 18.0. The number of fused-ring (bicyclic) bond motifs is 1. The lowest BCUT2D eigenvalue weighted by Gasteiger charge is -2.32. The molecular formula is C27H26FN3O. The van der Waals surface area contributed by atoms with Crippen LogP contribution in [-0.4, -0.2) is 16.4 Å². The molecular weight excluding hydrogens is 401 g/mol. The lowest BCUT2D eigenvalue weighted by atomic mass is 9.75. The Morgan fingerprint density at radius 1 is 1.09 bits per heavy atom. The SMILES string of the molecule is N#Cc1ccc(C(=O)NC2(C[C@H]3CC[C@@H](c4ccnc5ccc(F)cc54)CC3)CC2)cc1. The molecule has 5 rings (SSSR count). The number of pyridine rings is 1. The van der Waals surface area contributed by atoms with Crippen LogP contribution in [0.15, 0.2) is 54.7 Å². The predicted octanol–water partition coefficient (Wildman–Crippen LogP) is 5.87. The number of benzene rings is 2. The van der Waals surface area contributed by atoms with Crippen molar-refractivity contribution in [1.29, 1.82) is 5.26 Å². The van der Waals surface area contributed by atoms with Crippen molar-refractivity contribution in [3.05, 3.63) is 77.2 Å². The molecule has 2 fully saturated rings. The molecule has 0 saturated heterocycles. The number of amides is 1. The Kier molecular flexibility index (Phi) is 5.38. The fourth-order valence-electron chi connectivity index (χ4n) is 5.27. The molecule has 0 atom stereocenters. The number of aromatic nitrogens is 1. The summed E-state index contributed by atoms with van der Waals surface area (Å²) in [5, 5.41) is 13.1. The monoisotopic (exact) mass is 427 g/mol. The first kappa shape index (κ1) is 20.6. The Hall–Kier alpha value is -3.26. The van der Waals surface area contributed by atoms with Crippen LogP contribution >= 0.6 is 0 Å². The summed E-state index contributed by atoms with van der Waals surface area (Å²) < 4.78 is 13.8. The second-order valence-corrected chi connectivity index (χ2v) is 9.41. The van der Waals surface area contributed by atoms with E-state index in [0.717, 1.165) is 55.8 Å². The molecule has 2 aromatic carbocycles. The molecule has 2 aliphatic rings. The van der Waals surface area contributed by atoms with Crippen LogP contribution < -0.4 is 5.32 Å². The van der Waals surface area contributed by atoms with E-state index in [0.29, 0.717) is 23.0 Å². The minimum absolute atomic E-state index is 0.0500. The molecule has 1 heterocycles. The van der Waals surface area contributed by atoms with Crippen LogP contribution in [0.1, 0.15) is 72.3 Å². The number of hydrogen-bond acceptors (Lipinski definition) is 3. The van der Waals surface area contributed by atoms with Gasteiger partial charge in [-0.05, 0) is 111 Å². The highest BCUT2D eigenvalue weighted by atomic mass is 19.1. The quantitative estimate of drug-likeness (QED) is 0.554. The first-order valence-corrected chi connectivity index (χ1v) is 11.4. The molecule has 0 aliphatic heterocycles. The molecule has 0 spiro atoms. The second kappa shape index (κ2) is 8.35. The van der Waals surface area contributed by atoms with E-state index in [-0.39, 0.29) is 17.3 Å². The minimum atomic E-state index is -0.214. The van der Waals surface area contributed by atoms with Crippen LogP contribution in [0.25, 0.3) is 10.9 Å². The van der Waals surface area contributed by atoms with E-state index in [1.54, 1.807) is 36.4 Å². The normalized spacial score (nSPS) is 21.6. The van der Waals surface area contributed by atoms with E-state index in [4.69, 9.17) is 5.26 Å². The van der Waals surface area contributed by atoms with Crippen LogP contribution in [0.5, 0.6) is 0 Å². The molecule has 3 aromatic rings. The molecule has 2 saturated carbocycles. The minimum Gasteiger partial charge on any atom is -0.347 e. The van der Waals surface area contributed by atoms with Gasteiger partial charge in [0.15, 0.2) is 0 Å². The number of nitriles is 1. The first-order chi connectivity index (χ1) is 15.5. The Balaban J connectivity index is 1.20. The number of halogens is 1. The molecule has 162 valence electrons. The van der Waals surface area contributed by atoms with Gasteiger partial charge in [0.2, 0.25) is 0 Å². The van der Waals surface area contributed by atoms with Crippen LogP contribution in [0.2, 0.25) is 0 Å². The van der Waals surface area contributed by atoms with Crippen molar-refractivity contribution < 1.29 is 9.18 Å². The number of carbonyl (C=O) groups excluding carboxylic acids is 1. The van der Waals surface area contributed by atoms with E-state index in [1.165, 1.54) is 11.6 Å². The number of nitrogens with zero attached hydrogens (tertiary/aromatic N) is 2. The van der Waals surface area contributed by atoms with Crippen LogP contribution in [0, 0.1) is 23.1 Å². The Bertz CT molecular complexity index is 1190. The summed E-state index contributed by atoms with van der Waals surface area (Å²) in [7, 11) is 0. The summed E-state index contributed by atoms with van der Waals surface area (Å²) in [5.41, 5.74) is 3.16. The van der Waals surface area contributed by atoms with Crippen molar-refractivity contribution in [2.75, 3.05) is 0 Å². The van der Waals surface area contributed by atoms with E-state index in [2.05, 4.69) is 16.4 Å². The van der Waals surface area contributed by atoms with Crippen molar-refractivity contribution in [3.8, 4) is 6.07 Å². The summed E-state index contributed by atoms with van der Waals surface area (Å²) in [6.07, 6.45) is 9.33. The predicted molar refractivity (Wildman–Crippen MR) is 122 cm³/mol. The second-order valence-electron chi connectivity index (χ2n) is 9.41. The lowest BCUT2D eigenvalue weighted by molar-refractivity contribution is 0.0921. The van der Waals surface area contributed by atoms with Gasteiger partial charge in [-0.3, -0.25) is 9.78 Å². The first-order valence-electron chi connectivity index (χ1n) is 11.4. The highest BCUT2D eigenvalue weighted by Gasteiger charge is 2.45.